The van der Waals surface area contributed by atoms with Crippen LogP contribution in [0.15, 0.2) is 24.3 Å². The lowest BCUT2D eigenvalue weighted by Crippen LogP contribution is -2.37. The third-order valence-electron chi connectivity index (χ3n) is 3.57. The maximum atomic E-state index is 12.5. The van der Waals surface area contributed by atoms with Crippen LogP contribution in [-0.4, -0.2) is 32.4 Å². The molecule has 4 nitrogen and oxygen atoms in total. The molecule has 1 aromatic carbocycles. The summed E-state index contributed by atoms with van der Waals surface area (Å²) in [6.07, 6.45) is 0.448. The maximum absolute atomic E-state index is 12.5. The molecule has 1 heterocycles. The van der Waals surface area contributed by atoms with Crippen molar-refractivity contribution in [1.82, 2.24) is 0 Å². The lowest BCUT2D eigenvalue weighted by molar-refractivity contribution is -0.121. The van der Waals surface area contributed by atoms with Gasteiger partial charge < -0.3 is 4.90 Å². The highest BCUT2D eigenvalue weighted by Crippen LogP contribution is 2.26. The van der Waals surface area contributed by atoms with Crippen molar-refractivity contribution < 1.29 is 13.2 Å². The van der Waals surface area contributed by atoms with E-state index < -0.39 is 9.84 Å². The highest BCUT2D eigenvalue weighted by atomic mass is 32.2. The summed E-state index contributed by atoms with van der Waals surface area (Å²) in [6.45, 7) is 4.42. The van der Waals surface area contributed by atoms with E-state index in [2.05, 4.69) is 0 Å². The largest absolute Gasteiger partial charge is 0.312 e. The van der Waals surface area contributed by atoms with Gasteiger partial charge in [0.15, 0.2) is 9.84 Å². The minimum atomic E-state index is -3.02. The first-order chi connectivity index (χ1) is 8.94. The molecule has 1 atom stereocenters. The van der Waals surface area contributed by atoms with Crippen molar-refractivity contribution >= 4 is 21.4 Å². The summed E-state index contributed by atoms with van der Waals surface area (Å²) in [6, 6.07) is 7.68. The Hall–Kier alpha value is -1.36. The van der Waals surface area contributed by atoms with Crippen molar-refractivity contribution in [2.75, 3.05) is 23.0 Å². The second-order valence-electron chi connectivity index (χ2n) is 4.97. The normalized spacial score (nSPS) is 21.3. The van der Waals surface area contributed by atoms with Crippen LogP contribution in [0, 0.1) is 12.8 Å². The SMILES string of the molecule is CCN(C(=O)[C@H]1CCS(=O)(=O)C1)c1ccccc1C. The fourth-order valence-corrected chi connectivity index (χ4v) is 4.25. The summed E-state index contributed by atoms with van der Waals surface area (Å²) >= 11 is 0. The van der Waals surface area contributed by atoms with Gasteiger partial charge in [-0.3, -0.25) is 4.79 Å². The van der Waals surface area contributed by atoms with Gasteiger partial charge in [0, 0.05) is 12.2 Å². The number of rotatable bonds is 3. The Bertz CT molecular complexity index is 580. The van der Waals surface area contributed by atoms with E-state index >= 15 is 0 Å². The number of carbonyl (C=O) groups excluding carboxylic acids is 1. The van der Waals surface area contributed by atoms with Crippen molar-refractivity contribution in [3.63, 3.8) is 0 Å². The molecule has 0 bridgehead atoms. The van der Waals surface area contributed by atoms with Crippen molar-refractivity contribution in [2.24, 2.45) is 5.92 Å². The second kappa shape index (κ2) is 5.33. The Morgan fingerprint density at radius 1 is 1.37 bits per heavy atom. The summed E-state index contributed by atoms with van der Waals surface area (Å²) in [7, 11) is -3.02. The van der Waals surface area contributed by atoms with Crippen LogP contribution in [0.25, 0.3) is 0 Å². The maximum Gasteiger partial charge on any atom is 0.231 e. The molecule has 0 unspecified atom stereocenters. The third-order valence-corrected chi connectivity index (χ3v) is 5.34. The van der Waals surface area contributed by atoms with Crippen LogP contribution in [0.4, 0.5) is 5.69 Å². The van der Waals surface area contributed by atoms with Gasteiger partial charge in [-0.05, 0) is 31.9 Å². The highest BCUT2D eigenvalue weighted by molar-refractivity contribution is 7.91. The third kappa shape index (κ3) is 2.97. The minimum absolute atomic E-state index is 0.00574. The van der Waals surface area contributed by atoms with E-state index in [1.165, 1.54) is 0 Å². The zero-order valence-electron chi connectivity index (χ0n) is 11.3. The quantitative estimate of drug-likeness (QED) is 0.848. The average molecular weight is 281 g/mol. The number of hydrogen-bond donors (Lipinski definition) is 0. The molecular weight excluding hydrogens is 262 g/mol. The van der Waals surface area contributed by atoms with E-state index in [9.17, 15) is 13.2 Å². The molecule has 0 saturated carbocycles. The summed E-state index contributed by atoms with van der Waals surface area (Å²) in [4.78, 5) is 14.2. The Balaban J connectivity index is 2.24. The van der Waals surface area contributed by atoms with Crippen molar-refractivity contribution in [1.29, 1.82) is 0 Å². The van der Waals surface area contributed by atoms with Gasteiger partial charge in [-0.15, -0.1) is 0 Å². The van der Waals surface area contributed by atoms with Gasteiger partial charge in [-0.25, -0.2) is 8.42 Å². The van der Waals surface area contributed by atoms with Crippen LogP contribution in [-0.2, 0) is 14.6 Å². The second-order valence-corrected chi connectivity index (χ2v) is 7.20. The molecule has 19 heavy (non-hydrogen) atoms. The van der Waals surface area contributed by atoms with E-state index in [0.717, 1.165) is 11.3 Å². The van der Waals surface area contributed by atoms with E-state index in [4.69, 9.17) is 0 Å². The fourth-order valence-electron chi connectivity index (χ4n) is 2.52. The predicted molar refractivity (Wildman–Crippen MR) is 76.0 cm³/mol. The summed E-state index contributed by atoms with van der Waals surface area (Å²) in [5.41, 5.74) is 1.90. The molecule has 2 rings (SSSR count). The molecule has 0 radical (unpaired) electrons. The molecule has 1 amide bonds. The Morgan fingerprint density at radius 3 is 2.58 bits per heavy atom. The Morgan fingerprint density at radius 2 is 2.05 bits per heavy atom. The number of sulfone groups is 1. The summed E-state index contributed by atoms with van der Waals surface area (Å²) in [5.74, 6) is -0.328. The molecule has 0 N–H and O–H groups in total. The molecule has 0 aromatic heterocycles. The summed E-state index contributed by atoms with van der Waals surface area (Å²) < 4.78 is 23.0. The first-order valence-corrected chi connectivity index (χ1v) is 8.34. The lowest BCUT2D eigenvalue weighted by atomic mass is 10.1. The van der Waals surface area contributed by atoms with Crippen LogP contribution in [0.3, 0.4) is 0 Å². The van der Waals surface area contributed by atoms with Gasteiger partial charge in [0.25, 0.3) is 0 Å². The van der Waals surface area contributed by atoms with E-state index in [1.807, 2.05) is 38.1 Å². The predicted octanol–water partition coefficient (Wildman–Crippen LogP) is 1.78. The van der Waals surface area contributed by atoms with Gasteiger partial charge in [0.05, 0.1) is 17.4 Å². The molecule has 1 fully saturated rings. The van der Waals surface area contributed by atoms with Gasteiger partial charge >= 0.3 is 0 Å². The van der Waals surface area contributed by atoms with Gasteiger partial charge in [-0.1, -0.05) is 18.2 Å². The standard InChI is InChI=1S/C14H19NO3S/c1-3-15(13-7-5-4-6-11(13)2)14(16)12-8-9-19(17,18)10-12/h4-7,12H,3,8-10H2,1-2H3/t12-/m0/s1. The molecule has 104 valence electrons. The van der Waals surface area contributed by atoms with Gasteiger partial charge in [0.2, 0.25) is 5.91 Å². The zero-order valence-corrected chi connectivity index (χ0v) is 12.1. The minimum Gasteiger partial charge on any atom is -0.312 e. The van der Waals surface area contributed by atoms with Gasteiger partial charge in [0.1, 0.15) is 0 Å². The molecule has 1 aliphatic rings. The topological polar surface area (TPSA) is 54.5 Å². The number of nitrogens with zero attached hydrogens (tertiary/aromatic N) is 1. The number of anilines is 1. The number of hydrogen-bond acceptors (Lipinski definition) is 3. The zero-order chi connectivity index (χ0) is 14.0. The Labute approximate surface area is 114 Å². The van der Waals surface area contributed by atoms with E-state index in [-0.39, 0.29) is 23.3 Å². The lowest BCUT2D eigenvalue weighted by Gasteiger charge is -2.25. The number of benzene rings is 1. The van der Waals surface area contributed by atoms with Crippen LogP contribution >= 0.6 is 0 Å². The summed E-state index contributed by atoms with van der Waals surface area (Å²) in [5, 5.41) is 0. The molecule has 0 aliphatic carbocycles. The molecule has 1 aromatic rings. The van der Waals surface area contributed by atoms with Crippen molar-refractivity contribution in [3.05, 3.63) is 29.8 Å². The van der Waals surface area contributed by atoms with Gasteiger partial charge in [-0.2, -0.15) is 0 Å². The number of amides is 1. The molecule has 1 saturated heterocycles. The highest BCUT2D eigenvalue weighted by Gasteiger charge is 2.35. The van der Waals surface area contributed by atoms with Crippen LogP contribution in [0.1, 0.15) is 18.9 Å². The van der Waals surface area contributed by atoms with Crippen LogP contribution in [0.5, 0.6) is 0 Å². The molecule has 5 heteroatoms. The van der Waals surface area contributed by atoms with E-state index in [0.29, 0.717) is 13.0 Å². The average Bonchev–Trinajstić information content (AvgIpc) is 2.73. The van der Waals surface area contributed by atoms with Crippen LogP contribution < -0.4 is 4.90 Å². The Kier molecular flexibility index (Phi) is 3.94. The van der Waals surface area contributed by atoms with Crippen molar-refractivity contribution in [2.45, 2.75) is 20.3 Å². The number of carbonyl (C=O) groups is 1. The monoisotopic (exact) mass is 281 g/mol. The van der Waals surface area contributed by atoms with E-state index in [1.54, 1.807) is 4.90 Å². The fraction of sp³-hybridized carbons (Fsp3) is 0.500. The molecule has 1 aliphatic heterocycles. The number of para-hydroxylation sites is 1. The molecular formula is C14H19NO3S. The first kappa shape index (κ1) is 14.1. The van der Waals surface area contributed by atoms with Crippen molar-refractivity contribution in [3.8, 4) is 0 Å². The van der Waals surface area contributed by atoms with Crippen LogP contribution in [0.2, 0.25) is 0 Å². The number of aryl methyl sites for hydroxylation is 1. The first-order valence-electron chi connectivity index (χ1n) is 6.52. The smallest absolute Gasteiger partial charge is 0.231 e. The molecule has 0 spiro atoms.